The van der Waals surface area contributed by atoms with Crippen molar-refractivity contribution in [3.05, 3.63) is 29.0 Å². The molecule has 0 atom stereocenters. The normalized spacial score (nSPS) is 16.0. The number of amides is 2. The lowest BCUT2D eigenvalue weighted by Crippen LogP contribution is -2.42. The van der Waals surface area contributed by atoms with E-state index < -0.39 is 17.7 Å². The molecule has 0 unspecified atom stereocenters. The Morgan fingerprint density at radius 2 is 1.95 bits per heavy atom. The van der Waals surface area contributed by atoms with Crippen LogP contribution in [0.25, 0.3) is 0 Å². The Hall–Kier alpha value is -1.82. The van der Waals surface area contributed by atoms with Crippen molar-refractivity contribution in [1.29, 1.82) is 0 Å². The number of carboxylic acid groups (broad SMARTS) is 1. The third kappa shape index (κ3) is 3.60. The van der Waals surface area contributed by atoms with E-state index in [1.807, 2.05) is 0 Å². The topological polar surface area (TPSA) is 69.6 Å². The minimum atomic E-state index is -0.832. The molecule has 0 radical (unpaired) electrons. The number of carbonyl (C=O) groups is 2. The highest BCUT2D eigenvalue weighted by molar-refractivity contribution is 6.30. The Morgan fingerprint density at radius 1 is 1.30 bits per heavy atom. The van der Waals surface area contributed by atoms with Gasteiger partial charge in [0.05, 0.1) is 5.92 Å². The molecule has 20 heavy (non-hydrogen) atoms. The Morgan fingerprint density at radius 3 is 2.50 bits per heavy atom. The first-order valence-electron chi connectivity index (χ1n) is 6.20. The third-order valence-electron chi connectivity index (χ3n) is 3.25. The van der Waals surface area contributed by atoms with Crippen LogP contribution in [0.5, 0.6) is 0 Å². The summed E-state index contributed by atoms with van der Waals surface area (Å²) in [5.41, 5.74) is 0.278. The van der Waals surface area contributed by atoms with Gasteiger partial charge in [0.15, 0.2) is 0 Å². The van der Waals surface area contributed by atoms with E-state index in [0.717, 1.165) is 6.07 Å². The molecule has 0 bridgehead atoms. The third-order valence-corrected chi connectivity index (χ3v) is 3.46. The zero-order chi connectivity index (χ0) is 14.7. The first-order chi connectivity index (χ1) is 9.45. The summed E-state index contributed by atoms with van der Waals surface area (Å²) in [7, 11) is 0. The molecule has 2 amide bonds. The number of hydrogen-bond acceptors (Lipinski definition) is 2. The van der Waals surface area contributed by atoms with E-state index in [1.165, 1.54) is 17.0 Å². The maximum atomic E-state index is 13.1. The SMILES string of the molecule is O=C(O)C1CCN(C(=O)Nc2cc(F)cc(Cl)c2)CC1. The number of halogens is 2. The minimum absolute atomic E-state index is 0.199. The van der Waals surface area contributed by atoms with Gasteiger partial charge in [-0.2, -0.15) is 0 Å². The number of anilines is 1. The molecular formula is C13H14ClFN2O3. The molecule has 0 saturated carbocycles. The van der Waals surface area contributed by atoms with Gasteiger partial charge in [0.2, 0.25) is 0 Å². The molecule has 108 valence electrons. The molecule has 1 aliphatic heterocycles. The van der Waals surface area contributed by atoms with Crippen LogP contribution in [0.2, 0.25) is 5.02 Å². The predicted molar refractivity (Wildman–Crippen MR) is 72.4 cm³/mol. The van der Waals surface area contributed by atoms with E-state index in [4.69, 9.17) is 16.7 Å². The predicted octanol–water partition coefficient (Wildman–Crippen LogP) is 2.81. The molecule has 2 rings (SSSR count). The molecule has 5 nitrogen and oxygen atoms in total. The molecule has 1 heterocycles. The summed E-state index contributed by atoms with van der Waals surface area (Å²) in [6, 6.07) is 3.39. The minimum Gasteiger partial charge on any atom is -0.481 e. The van der Waals surface area contributed by atoms with Crippen molar-refractivity contribution in [2.45, 2.75) is 12.8 Å². The number of hydrogen-bond donors (Lipinski definition) is 2. The largest absolute Gasteiger partial charge is 0.481 e. The van der Waals surface area contributed by atoms with Crippen molar-refractivity contribution in [2.75, 3.05) is 18.4 Å². The summed E-state index contributed by atoms with van der Waals surface area (Å²) in [4.78, 5) is 24.3. The highest BCUT2D eigenvalue weighted by atomic mass is 35.5. The first kappa shape index (κ1) is 14.6. The van der Waals surface area contributed by atoms with Crippen LogP contribution in [0, 0.1) is 11.7 Å². The quantitative estimate of drug-likeness (QED) is 0.882. The summed E-state index contributed by atoms with van der Waals surface area (Å²) >= 11 is 5.70. The average Bonchev–Trinajstić information content (AvgIpc) is 2.37. The van der Waals surface area contributed by atoms with Crippen LogP contribution in [0.1, 0.15) is 12.8 Å². The van der Waals surface area contributed by atoms with Gasteiger partial charge >= 0.3 is 12.0 Å². The zero-order valence-corrected chi connectivity index (χ0v) is 11.4. The zero-order valence-electron chi connectivity index (χ0n) is 10.6. The van der Waals surface area contributed by atoms with Gasteiger partial charge in [-0.15, -0.1) is 0 Å². The van der Waals surface area contributed by atoms with Gasteiger partial charge in [-0.3, -0.25) is 4.79 Å². The Labute approximate surface area is 120 Å². The molecule has 1 fully saturated rings. The van der Waals surface area contributed by atoms with Crippen molar-refractivity contribution in [3.8, 4) is 0 Å². The maximum Gasteiger partial charge on any atom is 0.321 e. The van der Waals surface area contributed by atoms with Gasteiger partial charge in [0.25, 0.3) is 0 Å². The average molecular weight is 301 g/mol. The monoisotopic (exact) mass is 300 g/mol. The van der Waals surface area contributed by atoms with E-state index in [0.29, 0.717) is 25.9 Å². The molecule has 0 spiro atoms. The van der Waals surface area contributed by atoms with E-state index in [-0.39, 0.29) is 16.7 Å². The van der Waals surface area contributed by atoms with Crippen molar-refractivity contribution in [2.24, 2.45) is 5.92 Å². The van der Waals surface area contributed by atoms with E-state index >= 15 is 0 Å². The Kier molecular flexibility index (Phi) is 4.44. The number of aliphatic carboxylic acids is 1. The van der Waals surface area contributed by atoms with Gasteiger partial charge in [-0.05, 0) is 31.0 Å². The van der Waals surface area contributed by atoms with Crippen molar-refractivity contribution >= 4 is 29.3 Å². The summed E-state index contributed by atoms with van der Waals surface area (Å²) in [6.45, 7) is 0.734. The summed E-state index contributed by atoms with van der Waals surface area (Å²) in [5, 5.41) is 11.6. The molecule has 1 aliphatic rings. The van der Waals surface area contributed by atoms with Gasteiger partial charge in [0, 0.05) is 23.8 Å². The highest BCUT2D eigenvalue weighted by Gasteiger charge is 2.26. The standard InChI is InChI=1S/C13H14ClFN2O3/c14-9-5-10(15)7-11(6-9)16-13(20)17-3-1-8(2-4-17)12(18)19/h5-8H,1-4H2,(H,16,20)(H,18,19). The van der Waals surface area contributed by atoms with Crippen LogP contribution < -0.4 is 5.32 Å². The summed E-state index contributed by atoms with van der Waals surface area (Å²) in [5.74, 6) is -1.76. The fourth-order valence-corrected chi connectivity index (χ4v) is 2.38. The van der Waals surface area contributed by atoms with Crippen molar-refractivity contribution < 1.29 is 19.1 Å². The van der Waals surface area contributed by atoms with Crippen molar-refractivity contribution in [3.63, 3.8) is 0 Å². The number of carbonyl (C=O) groups excluding carboxylic acids is 1. The molecule has 1 aromatic rings. The second kappa shape index (κ2) is 6.09. The van der Waals surface area contributed by atoms with Crippen LogP contribution >= 0.6 is 11.6 Å². The molecule has 1 saturated heterocycles. The fraction of sp³-hybridized carbons (Fsp3) is 0.385. The molecule has 0 aliphatic carbocycles. The first-order valence-corrected chi connectivity index (χ1v) is 6.58. The van der Waals surface area contributed by atoms with Crippen LogP contribution in [-0.2, 0) is 4.79 Å². The second-order valence-corrected chi connectivity index (χ2v) is 5.12. The number of nitrogens with zero attached hydrogens (tertiary/aromatic N) is 1. The smallest absolute Gasteiger partial charge is 0.321 e. The fourth-order valence-electron chi connectivity index (χ4n) is 2.16. The van der Waals surface area contributed by atoms with Crippen LogP contribution in [-0.4, -0.2) is 35.1 Å². The van der Waals surface area contributed by atoms with Crippen LogP contribution in [0.15, 0.2) is 18.2 Å². The van der Waals surface area contributed by atoms with Gasteiger partial charge in [0.1, 0.15) is 5.82 Å². The van der Waals surface area contributed by atoms with Crippen LogP contribution in [0.4, 0.5) is 14.9 Å². The van der Waals surface area contributed by atoms with Gasteiger partial charge < -0.3 is 15.3 Å². The highest BCUT2D eigenvalue weighted by Crippen LogP contribution is 2.21. The Bertz CT molecular complexity index is 510. The summed E-state index contributed by atoms with van der Waals surface area (Å²) < 4.78 is 13.1. The molecule has 1 aromatic carbocycles. The number of urea groups is 1. The maximum absolute atomic E-state index is 13.1. The number of carboxylic acids is 1. The number of benzene rings is 1. The van der Waals surface area contributed by atoms with E-state index in [2.05, 4.69) is 5.32 Å². The van der Waals surface area contributed by atoms with Gasteiger partial charge in [-0.25, -0.2) is 9.18 Å². The van der Waals surface area contributed by atoms with E-state index in [9.17, 15) is 14.0 Å². The summed E-state index contributed by atoms with van der Waals surface area (Å²) in [6.07, 6.45) is 0.847. The molecular weight excluding hydrogens is 287 g/mol. The van der Waals surface area contributed by atoms with Crippen LogP contribution in [0.3, 0.4) is 0 Å². The molecule has 0 aromatic heterocycles. The van der Waals surface area contributed by atoms with Crippen molar-refractivity contribution in [1.82, 2.24) is 4.90 Å². The lowest BCUT2D eigenvalue weighted by atomic mass is 9.97. The lowest BCUT2D eigenvalue weighted by molar-refractivity contribution is -0.143. The second-order valence-electron chi connectivity index (χ2n) is 4.69. The number of likely N-dealkylation sites (tertiary alicyclic amines) is 1. The van der Waals surface area contributed by atoms with E-state index in [1.54, 1.807) is 0 Å². The number of rotatable bonds is 2. The number of nitrogens with one attached hydrogen (secondary N) is 1. The Balaban J connectivity index is 1.94. The van der Waals surface area contributed by atoms with Gasteiger partial charge in [-0.1, -0.05) is 11.6 Å². The lowest BCUT2D eigenvalue weighted by Gasteiger charge is -2.30. The molecule has 2 N–H and O–H groups in total. The number of piperidine rings is 1. The molecule has 7 heteroatoms.